The Kier molecular flexibility index (Phi) is 2.47. The van der Waals surface area contributed by atoms with Crippen molar-refractivity contribution in [3.8, 4) is 0 Å². The maximum atomic E-state index is 10.5. The molecule has 0 atom stereocenters. The molecule has 0 bridgehead atoms. The molecule has 0 fully saturated rings. The molecule has 0 unspecified atom stereocenters. The third-order valence-corrected chi connectivity index (χ3v) is 1.95. The molecule has 1 heterocycles. The second kappa shape index (κ2) is 3.37. The summed E-state index contributed by atoms with van der Waals surface area (Å²) in [4.78, 5) is 10.5. The van der Waals surface area contributed by atoms with E-state index in [1.54, 1.807) is 4.57 Å². The first-order chi connectivity index (χ1) is 5.33. The number of carbonyl (C=O) groups excluding carboxylic acids is 1. The van der Waals surface area contributed by atoms with Crippen molar-refractivity contribution in [3.05, 3.63) is 23.5 Å². The normalized spacial score (nSPS) is 10.0. The Morgan fingerprint density at radius 3 is 2.64 bits per heavy atom. The molecule has 0 saturated heterocycles. The van der Waals surface area contributed by atoms with Crippen LogP contribution < -0.4 is 0 Å². The largest absolute Gasteiger partial charge is 0.294 e. The van der Waals surface area contributed by atoms with Gasteiger partial charge in [-0.2, -0.15) is 0 Å². The second-order valence-corrected chi connectivity index (χ2v) is 2.51. The summed E-state index contributed by atoms with van der Waals surface area (Å²) < 4.78 is 1.65. The van der Waals surface area contributed by atoms with Crippen molar-refractivity contribution < 1.29 is 4.79 Å². The molecule has 60 valence electrons. The van der Waals surface area contributed by atoms with E-state index in [1.807, 2.05) is 12.3 Å². The van der Waals surface area contributed by atoms with Crippen molar-refractivity contribution in [3.63, 3.8) is 0 Å². The fourth-order valence-electron chi connectivity index (χ4n) is 1.35. The van der Waals surface area contributed by atoms with Crippen LogP contribution in [0.25, 0.3) is 0 Å². The van der Waals surface area contributed by atoms with Crippen molar-refractivity contribution in [2.24, 2.45) is 0 Å². The van der Waals surface area contributed by atoms with Gasteiger partial charge in [0.25, 0.3) is 0 Å². The number of rotatable bonds is 3. The summed E-state index contributed by atoms with van der Waals surface area (Å²) in [5.41, 5.74) is 2.42. The van der Waals surface area contributed by atoms with Crippen LogP contribution in [0.1, 0.15) is 25.1 Å². The molecule has 0 N–H and O–H groups in total. The summed E-state index contributed by atoms with van der Waals surface area (Å²) in [5.74, 6) is 0. The quantitative estimate of drug-likeness (QED) is 0.602. The molecule has 11 heavy (non-hydrogen) atoms. The van der Waals surface area contributed by atoms with Crippen molar-refractivity contribution in [2.75, 3.05) is 0 Å². The van der Waals surface area contributed by atoms with Gasteiger partial charge < -0.3 is 0 Å². The van der Waals surface area contributed by atoms with Gasteiger partial charge in [-0.05, 0) is 24.5 Å². The van der Waals surface area contributed by atoms with Crippen LogP contribution in [0, 0.1) is 0 Å². The zero-order chi connectivity index (χ0) is 8.27. The van der Waals surface area contributed by atoms with E-state index in [1.165, 1.54) is 5.56 Å². The Bertz CT molecular complexity index is 250. The van der Waals surface area contributed by atoms with E-state index in [0.717, 1.165) is 24.9 Å². The Hall–Kier alpha value is -1.05. The summed E-state index contributed by atoms with van der Waals surface area (Å²) in [7, 11) is 0. The summed E-state index contributed by atoms with van der Waals surface area (Å²) in [6.45, 7) is 4.16. The summed E-state index contributed by atoms with van der Waals surface area (Å²) >= 11 is 0. The van der Waals surface area contributed by atoms with Gasteiger partial charge in [0.05, 0.1) is 0 Å². The minimum Gasteiger partial charge on any atom is -0.294 e. The topological polar surface area (TPSA) is 22.0 Å². The van der Waals surface area contributed by atoms with Crippen LogP contribution in [0.5, 0.6) is 0 Å². The Morgan fingerprint density at radius 2 is 2.18 bits per heavy atom. The molecule has 0 aromatic carbocycles. The van der Waals surface area contributed by atoms with E-state index in [-0.39, 0.29) is 0 Å². The third-order valence-electron chi connectivity index (χ3n) is 1.95. The van der Waals surface area contributed by atoms with Gasteiger partial charge >= 0.3 is 0 Å². The molecule has 1 aromatic rings. The average Bonchev–Trinajstić information content (AvgIpc) is 2.45. The highest BCUT2D eigenvalue weighted by molar-refractivity contribution is 5.55. The third kappa shape index (κ3) is 1.34. The van der Waals surface area contributed by atoms with Crippen LogP contribution in [-0.2, 0) is 17.6 Å². The van der Waals surface area contributed by atoms with Gasteiger partial charge in [0.15, 0.2) is 0 Å². The van der Waals surface area contributed by atoms with Gasteiger partial charge in [-0.1, -0.05) is 13.8 Å². The van der Waals surface area contributed by atoms with Crippen LogP contribution in [0.2, 0.25) is 0 Å². The first-order valence-corrected chi connectivity index (χ1v) is 3.97. The lowest BCUT2D eigenvalue weighted by Gasteiger charge is -2.00. The Morgan fingerprint density at radius 1 is 1.45 bits per heavy atom. The minimum atomic E-state index is 0.859. The fourth-order valence-corrected chi connectivity index (χ4v) is 1.35. The molecule has 0 aliphatic heterocycles. The number of aromatic nitrogens is 1. The molecule has 0 radical (unpaired) electrons. The summed E-state index contributed by atoms with van der Waals surface area (Å²) in [5, 5.41) is 0. The van der Waals surface area contributed by atoms with Crippen molar-refractivity contribution in [1.82, 2.24) is 4.57 Å². The van der Waals surface area contributed by atoms with Crippen LogP contribution in [0.3, 0.4) is 0 Å². The lowest BCUT2D eigenvalue weighted by Crippen LogP contribution is -1.99. The van der Waals surface area contributed by atoms with E-state index >= 15 is 0 Å². The lowest BCUT2D eigenvalue weighted by atomic mass is 10.1. The van der Waals surface area contributed by atoms with E-state index in [2.05, 4.69) is 13.8 Å². The smallest absolute Gasteiger partial charge is 0.217 e. The first-order valence-electron chi connectivity index (χ1n) is 3.97. The van der Waals surface area contributed by atoms with Gasteiger partial charge in [-0.25, -0.2) is 0 Å². The standard InChI is InChI=1S/C9H13NO/c1-3-8-5-6-10(7-11)9(8)4-2/h5-7H,3-4H2,1-2H3. The first kappa shape index (κ1) is 8.05. The van der Waals surface area contributed by atoms with E-state index < -0.39 is 0 Å². The van der Waals surface area contributed by atoms with Crippen LogP contribution in [0.15, 0.2) is 12.3 Å². The lowest BCUT2D eigenvalue weighted by molar-refractivity contribution is 0.545. The molecule has 0 aliphatic carbocycles. The molecule has 1 aromatic heterocycles. The SMILES string of the molecule is CCc1ccn(C=O)c1CC. The zero-order valence-corrected chi connectivity index (χ0v) is 7.00. The minimum absolute atomic E-state index is 0.859. The molecule has 0 aliphatic rings. The Labute approximate surface area is 66.8 Å². The predicted octanol–water partition coefficient (Wildman–Crippen LogP) is 1.65. The Balaban J connectivity index is 3.08. The summed E-state index contributed by atoms with van der Waals surface area (Å²) in [6, 6.07) is 2.01. The van der Waals surface area contributed by atoms with E-state index in [9.17, 15) is 4.79 Å². The van der Waals surface area contributed by atoms with Crippen molar-refractivity contribution in [1.29, 1.82) is 0 Å². The monoisotopic (exact) mass is 151 g/mol. The van der Waals surface area contributed by atoms with Crippen LogP contribution >= 0.6 is 0 Å². The number of hydrogen-bond acceptors (Lipinski definition) is 1. The maximum absolute atomic E-state index is 10.5. The maximum Gasteiger partial charge on any atom is 0.217 e. The van der Waals surface area contributed by atoms with Crippen molar-refractivity contribution >= 4 is 6.41 Å². The average molecular weight is 151 g/mol. The molecule has 2 heteroatoms. The van der Waals surface area contributed by atoms with E-state index in [0.29, 0.717) is 0 Å². The number of carbonyl (C=O) groups is 1. The predicted molar refractivity (Wildman–Crippen MR) is 45.3 cm³/mol. The molecule has 0 amide bonds. The molecule has 0 saturated carbocycles. The molecular weight excluding hydrogens is 138 g/mol. The highest BCUT2D eigenvalue weighted by atomic mass is 16.1. The highest BCUT2D eigenvalue weighted by Crippen LogP contribution is 2.10. The second-order valence-electron chi connectivity index (χ2n) is 2.51. The van der Waals surface area contributed by atoms with Gasteiger partial charge in [0, 0.05) is 11.9 Å². The zero-order valence-electron chi connectivity index (χ0n) is 7.00. The van der Waals surface area contributed by atoms with Gasteiger partial charge in [-0.15, -0.1) is 0 Å². The van der Waals surface area contributed by atoms with Gasteiger partial charge in [0.2, 0.25) is 6.41 Å². The molecule has 0 spiro atoms. The van der Waals surface area contributed by atoms with E-state index in [4.69, 9.17) is 0 Å². The molecular formula is C9H13NO. The van der Waals surface area contributed by atoms with Crippen LogP contribution in [-0.4, -0.2) is 11.0 Å². The number of nitrogens with zero attached hydrogens (tertiary/aromatic N) is 1. The summed E-state index contributed by atoms with van der Waals surface area (Å²) in [6.07, 6.45) is 4.61. The highest BCUT2D eigenvalue weighted by Gasteiger charge is 2.03. The van der Waals surface area contributed by atoms with Crippen LogP contribution in [0.4, 0.5) is 0 Å². The number of hydrogen-bond donors (Lipinski definition) is 0. The molecule has 2 nitrogen and oxygen atoms in total. The van der Waals surface area contributed by atoms with Gasteiger partial charge in [-0.3, -0.25) is 9.36 Å². The van der Waals surface area contributed by atoms with Gasteiger partial charge in [0.1, 0.15) is 0 Å². The fraction of sp³-hybridized carbons (Fsp3) is 0.444. The molecule has 1 rings (SSSR count). The number of aryl methyl sites for hydroxylation is 1. The van der Waals surface area contributed by atoms with Crippen molar-refractivity contribution in [2.45, 2.75) is 26.7 Å².